The maximum absolute atomic E-state index is 5.94. The Morgan fingerprint density at radius 2 is 1.70 bits per heavy atom. The van der Waals surface area contributed by atoms with Crippen LogP contribution in [0.4, 0.5) is 5.69 Å². The number of hydrogen-bond donors (Lipinski definition) is 0. The van der Waals surface area contributed by atoms with Crippen LogP contribution in [0.2, 0.25) is 0 Å². The van der Waals surface area contributed by atoms with Gasteiger partial charge in [0.2, 0.25) is 0 Å². The Morgan fingerprint density at radius 1 is 0.909 bits per heavy atom. The van der Waals surface area contributed by atoms with Crippen LogP contribution < -0.4 is 14.4 Å². The number of para-hydroxylation sites is 2. The number of methoxy groups -OCH3 is 1. The third-order valence-electron chi connectivity index (χ3n) is 6.01. The quantitative estimate of drug-likeness (QED) is 0.416. The normalized spacial score (nSPS) is 14.4. The zero-order valence-corrected chi connectivity index (χ0v) is 19.7. The van der Waals surface area contributed by atoms with E-state index in [1.54, 1.807) is 11.9 Å². The van der Waals surface area contributed by atoms with Crippen molar-refractivity contribution in [3.8, 4) is 11.5 Å². The van der Waals surface area contributed by atoms with Crippen molar-refractivity contribution in [2.45, 2.75) is 32.7 Å². The first-order valence-electron chi connectivity index (χ1n) is 11.8. The molecule has 2 heterocycles. The number of hydrogen-bond acceptors (Lipinski definition) is 7. The highest BCUT2D eigenvalue weighted by Gasteiger charge is 2.19. The van der Waals surface area contributed by atoms with Crippen LogP contribution in [0.3, 0.4) is 0 Å². The highest BCUT2D eigenvalue weighted by atomic mass is 16.5. The van der Waals surface area contributed by atoms with E-state index in [1.165, 1.54) is 11.3 Å². The first-order valence-corrected chi connectivity index (χ1v) is 11.8. The summed E-state index contributed by atoms with van der Waals surface area (Å²) in [6, 6.07) is 16.6. The van der Waals surface area contributed by atoms with Gasteiger partial charge in [0.1, 0.15) is 11.5 Å². The van der Waals surface area contributed by atoms with Crippen molar-refractivity contribution in [2.75, 3.05) is 51.3 Å². The van der Waals surface area contributed by atoms with Crippen LogP contribution >= 0.6 is 0 Å². The van der Waals surface area contributed by atoms with Crippen LogP contribution in [0.25, 0.3) is 0 Å². The largest absolute Gasteiger partial charge is 0.495 e. The maximum Gasteiger partial charge on any atom is 0.171 e. The van der Waals surface area contributed by atoms with E-state index in [1.807, 2.05) is 31.2 Å². The number of anilines is 1. The smallest absolute Gasteiger partial charge is 0.171 e. The summed E-state index contributed by atoms with van der Waals surface area (Å²) >= 11 is 0. The Labute approximate surface area is 196 Å². The minimum Gasteiger partial charge on any atom is -0.495 e. The summed E-state index contributed by atoms with van der Waals surface area (Å²) in [4.78, 5) is 6.61. The molecule has 0 aliphatic carbocycles. The first-order chi connectivity index (χ1) is 16.2. The standard InChI is InChI=1S/C25H34N6O2/c1-21-26-28-31(27-21)15-13-22-9-11-23(12-10-22)33-20-6-5-14-29-16-18-30(19-17-29)24-7-3-4-8-25(24)32-2/h3-4,7-12H,5-6,13-20H2,1-2H3. The van der Waals surface area contributed by atoms with Crippen molar-refractivity contribution in [3.05, 3.63) is 59.9 Å². The fraction of sp³-hybridized carbons (Fsp3) is 0.480. The summed E-state index contributed by atoms with van der Waals surface area (Å²) in [6.07, 6.45) is 3.09. The number of piperazine rings is 1. The average Bonchev–Trinajstić information content (AvgIpc) is 3.28. The molecule has 0 bridgehead atoms. The molecule has 0 atom stereocenters. The van der Waals surface area contributed by atoms with E-state index >= 15 is 0 Å². The van der Waals surface area contributed by atoms with Gasteiger partial charge in [0.15, 0.2) is 5.82 Å². The lowest BCUT2D eigenvalue weighted by molar-refractivity contribution is 0.238. The molecule has 1 aromatic heterocycles. The molecule has 1 fully saturated rings. The second-order valence-electron chi connectivity index (χ2n) is 8.38. The summed E-state index contributed by atoms with van der Waals surface area (Å²) in [7, 11) is 1.74. The third kappa shape index (κ3) is 6.68. The summed E-state index contributed by atoms with van der Waals surface area (Å²) in [5.74, 6) is 2.59. The van der Waals surface area contributed by atoms with Crippen molar-refractivity contribution in [1.29, 1.82) is 0 Å². The second kappa shape index (κ2) is 11.7. The number of benzene rings is 2. The van der Waals surface area contributed by atoms with Crippen LogP contribution in [-0.4, -0.2) is 71.5 Å². The van der Waals surface area contributed by atoms with Crippen molar-refractivity contribution in [1.82, 2.24) is 25.1 Å². The SMILES string of the molecule is COc1ccccc1N1CCN(CCCCOc2ccc(CCn3nnc(C)n3)cc2)CC1. The van der Waals surface area contributed by atoms with Gasteiger partial charge in [-0.1, -0.05) is 24.3 Å². The Kier molecular flexibility index (Phi) is 8.14. The maximum atomic E-state index is 5.94. The summed E-state index contributed by atoms with van der Waals surface area (Å²) in [5.41, 5.74) is 2.44. The predicted octanol–water partition coefficient (Wildman–Crippen LogP) is 3.21. The van der Waals surface area contributed by atoms with Gasteiger partial charge in [-0.2, -0.15) is 4.80 Å². The summed E-state index contributed by atoms with van der Waals surface area (Å²) in [6.45, 7) is 8.70. The van der Waals surface area contributed by atoms with Crippen molar-refractivity contribution < 1.29 is 9.47 Å². The van der Waals surface area contributed by atoms with Crippen molar-refractivity contribution in [2.24, 2.45) is 0 Å². The van der Waals surface area contributed by atoms with E-state index in [9.17, 15) is 0 Å². The van der Waals surface area contributed by atoms with Gasteiger partial charge in [0.25, 0.3) is 0 Å². The van der Waals surface area contributed by atoms with E-state index in [4.69, 9.17) is 9.47 Å². The van der Waals surface area contributed by atoms with Gasteiger partial charge >= 0.3 is 0 Å². The monoisotopic (exact) mass is 450 g/mol. The molecule has 0 N–H and O–H groups in total. The molecule has 8 heteroatoms. The fourth-order valence-corrected chi connectivity index (χ4v) is 4.13. The van der Waals surface area contributed by atoms with Crippen molar-refractivity contribution in [3.63, 3.8) is 0 Å². The number of rotatable bonds is 11. The number of nitrogens with zero attached hydrogens (tertiary/aromatic N) is 6. The van der Waals surface area contributed by atoms with Gasteiger partial charge in [-0.3, -0.25) is 4.90 Å². The minimum atomic E-state index is 0.703. The number of unbranched alkanes of at least 4 members (excludes halogenated alkanes) is 1. The summed E-state index contributed by atoms with van der Waals surface area (Å²) < 4.78 is 11.5. The van der Waals surface area contributed by atoms with Crippen LogP contribution in [0.1, 0.15) is 24.2 Å². The molecule has 4 rings (SSSR count). The molecule has 0 radical (unpaired) electrons. The van der Waals surface area contributed by atoms with E-state index < -0.39 is 0 Å². The first kappa shape index (κ1) is 23.0. The Hall–Kier alpha value is -3.13. The zero-order chi connectivity index (χ0) is 22.9. The van der Waals surface area contributed by atoms with Crippen LogP contribution in [0, 0.1) is 6.92 Å². The molecule has 2 aromatic carbocycles. The molecule has 0 amide bonds. The van der Waals surface area contributed by atoms with E-state index in [0.29, 0.717) is 5.82 Å². The van der Waals surface area contributed by atoms with E-state index in [-0.39, 0.29) is 0 Å². The molecule has 1 aliphatic rings. The average molecular weight is 451 g/mol. The Bertz CT molecular complexity index is 983. The van der Waals surface area contributed by atoms with Gasteiger partial charge in [-0.25, -0.2) is 0 Å². The number of aromatic nitrogens is 4. The number of aryl methyl sites for hydroxylation is 3. The van der Waals surface area contributed by atoms with Gasteiger partial charge in [0.05, 0.1) is 25.9 Å². The predicted molar refractivity (Wildman–Crippen MR) is 129 cm³/mol. The second-order valence-corrected chi connectivity index (χ2v) is 8.38. The van der Waals surface area contributed by atoms with Crippen LogP contribution in [0.5, 0.6) is 11.5 Å². The molecule has 33 heavy (non-hydrogen) atoms. The van der Waals surface area contributed by atoms with Crippen LogP contribution in [0.15, 0.2) is 48.5 Å². The van der Waals surface area contributed by atoms with Gasteiger partial charge < -0.3 is 14.4 Å². The molecule has 0 unspecified atom stereocenters. The molecule has 0 saturated carbocycles. The molecule has 176 valence electrons. The highest BCUT2D eigenvalue weighted by molar-refractivity contribution is 5.58. The molecular weight excluding hydrogens is 416 g/mol. The van der Waals surface area contributed by atoms with Gasteiger partial charge in [-0.15, -0.1) is 10.2 Å². The third-order valence-corrected chi connectivity index (χ3v) is 6.01. The molecular formula is C25H34N6O2. The molecule has 0 spiro atoms. The highest BCUT2D eigenvalue weighted by Crippen LogP contribution is 2.28. The molecule has 1 aliphatic heterocycles. The van der Waals surface area contributed by atoms with Crippen LogP contribution in [-0.2, 0) is 13.0 Å². The zero-order valence-electron chi connectivity index (χ0n) is 19.7. The lowest BCUT2D eigenvalue weighted by atomic mass is 10.1. The number of ether oxygens (including phenoxy) is 2. The van der Waals surface area contributed by atoms with E-state index in [2.05, 4.69) is 49.5 Å². The molecule has 1 saturated heterocycles. The van der Waals surface area contributed by atoms with Gasteiger partial charge in [0, 0.05) is 26.2 Å². The van der Waals surface area contributed by atoms with E-state index in [0.717, 1.165) is 76.6 Å². The molecule has 8 nitrogen and oxygen atoms in total. The Morgan fingerprint density at radius 3 is 2.42 bits per heavy atom. The lowest BCUT2D eigenvalue weighted by Crippen LogP contribution is -2.46. The van der Waals surface area contributed by atoms with Crippen molar-refractivity contribution >= 4 is 5.69 Å². The topological polar surface area (TPSA) is 68.5 Å². The Balaban J connectivity index is 1.09. The lowest BCUT2D eigenvalue weighted by Gasteiger charge is -2.36. The summed E-state index contributed by atoms with van der Waals surface area (Å²) in [5, 5.41) is 12.1. The fourth-order valence-electron chi connectivity index (χ4n) is 4.13. The minimum absolute atomic E-state index is 0.703. The number of tetrazole rings is 1. The molecule has 3 aromatic rings. The van der Waals surface area contributed by atoms with Gasteiger partial charge in [-0.05, 0) is 67.8 Å².